The summed E-state index contributed by atoms with van der Waals surface area (Å²) in [6.07, 6.45) is 5.01. The zero-order chi connectivity index (χ0) is 10.9. The van der Waals surface area contributed by atoms with Gasteiger partial charge >= 0.3 is 0 Å². The molecular weight excluding hydrogens is 192 g/mol. The quantitative estimate of drug-likeness (QED) is 0.684. The topological polar surface area (TPSA) is 83.8 Å². The van der Waals surface area contributed by atoms with Crippen LogP contribution in [0.15, 0.2) is 12.4 Å². The van der Waals surface area contributed by atoms with E-state index in [-0.39, 0.29) is 11.3 Å². The van der Waals surface area contributed by atoms with Crippen molar-refractivity contribution >= 4 is 11.6 Å². The highest BCUT2D eigenvalue weighted by molar-refractivity contribution is 5.96. The molecule has 1 fully saturated rings. The number of rotatable bonds is 3. The van der Waals surface area contributed by atoms with Gasteiger partial charge in [0.1, 0.15) is 0 Å². The second kappa shape index (κ2) is 3.66. The molecule has 0 aliphatic heterocycles. The van der Waals surface area contributed by atoms with Crippen LogP contribution in [0.3, 0.4) is 0 Å². The number of aromatic nitrogens is 2. The fraction of sp³-hybridized carbons (Fsp3) is 0.600. The average Bonchev–Trinajstić information content (AvgIpc) is 2.64. The fourth-order valence-corrected chi connectivity index (χ4v) is 2.30. The van der Waals surface area contributed by atoms with Gasteiger partial charge in [-0.1, -0.05) is 6.92 Å². The van der Waals surface area contributed by atoms with Crippen LogP contribution >= 0.6 is 0 Å². The summed E-state index contributed by atoms with van der Waals surface area (Å²) in [5.41, 5.74) is 6.03. The van der Waals surface area contributed by atoms with E-state index >= 15 is 0 Å². The van der Waals surface area contributed by atoms with Crippen LogP contribution in [-0.4, -0.2) is 22.6 Å². The molecule has 2 rings (SSSR count). The number of carbonyl (C=O) groups excluding carboxylic acids is 1. The zero-order valence-corrected chi connectivity index (χ0v) is 8.79. The molecule has 1 saturated carbocycles. The van der Waals surface area contributed by atoms with Crippen LogP contribution in [0.2, 0.25) is 0 Å². The highest BCUT2D eigenvalue weighted by atomic mass is 16.2. The molecule has 1 aromatic rings. The summed E-state index contributed by atoms with van der Waals surface area (Å²) >= 11 is 0. The molecule has 0 atom stereocenters. The summed E-state index contributed by atoms with van der Waals surface area (Å²) in [7, 11) is 0. The van der Waals surface area contributed by atoms with E-state index in [4.69, 9.17) is 5.73 Å². The van der Waals surface area contributed by atoms with Gasteiger partial charge in [-0.3, -0.25) is 9.89 Å². The molecule has 1 aromatic heterocycles. The van der Waals surface area contributed by atoms with Crippen molar-refractivity contribution in [1.29, 1.82) is 0 Å². The number of nitrogens with zero attached hydrogens (tertiary/aromatic N) is 1. The van der Waals surface area contributed by atoms with E-state index in [9.17, 15) is 4.79 Å². The van der Waals surface area contributed by atoms with Gasteiger partial charge in [0, 0.05) is 12.7 Å². The normalized spacial score (nSPS) is 29.6. The van der Waals surface area contributed by atoms with Gasteiger partial charge in [-0.2, -0.15) is 5.10 Å². The predicted molar refractivity (Wildman–Crippen MR) is 57.1 cm³/mol. The summed E-state index contributed by atoms with van der Waals surface area (Å²) in [5.74, 6) is 0.619. The van der Waals surface area contributed by atoms with Crippen molar-refractivity contribution in [2.75, 3.05) is 11.9 Å². The summed E-state index contributed by atoms with van der Waals surface area (Å²) in [6, 6.07) is 0. The molecule has 0 aromatic carbocycles. The summed E-state index contributed by atoms with van der Waals surface area (Å²) in [6.45, 7) is 2.56. The van der Waals surface area contributed by atoms with Gasteiger partial charge in [0.05, 0.1) is 17.3 Å². The largest absolute Gasteiger partial charge is 0.329 e. The minimum Gasteiger partial charge on any atom is -0.329 e. The van der Waals surface area contributed by atoms with Crippen molar-refractivity contribution in [3.63, 3.8) is 0 Å². The molecule has 0 spiro atoms. The first-order valence-corrected chi connectivity index (χ1v) is 5.16. The number of carbonyl (C=O) groups is 1. The van der Waals surface area contributed by atoms with Gasteiger partial charge in [-0.05, 0) is 18.8 Å². The molecule has 4 N–H and O–H groups in total. The third kappa shape index (κ3) is 1.74. The number of amides is 1. The number of hydrogen-bond acceptors (Lipinski definition) is 3. The number of nitrogens with two attached hydrogens (primary N) is 1. The minimum absolute atomic E-state index is 0.0181. The minimum atomic E-state index is -0.351. The van der Waals surface area contributed by atoms with Gasteiger partial charge < -0.3 is 11.1 Å². The van der Waals surface area contributed by atoms with Crippen LogP contribution in [0.25, 0.3) is 0 Å². The van der Waals surface area contributed by atoms with Crippen LogP contribution in [0.1, 0.15) is 19.8 Å². The lowest BCUT2D eigenvalue weighted by Crippen LogP contribution is -2.50. The first-order chi connectivity index (χ1) is 7.16. The maximum Gasteiger partial charge on any atom is 0.231 e. The molecule has 1 aliphatic rings. The molecule has 15 heavy (non-hydrogen) atoms. The van der Waals surface area contributed by atoms with Crippen molar-refractivity contribution < 1.29 is 4.79 Å². The van der Waals surface area contributed by atoms with Gasteiger partial charge in [0.25, 0.3) is 0 Å². The van der Waals surface area contributed by atoms with E-state index in [1.807, 2.05) is 0 Å². The molecule has 1 heterocycles. The van der Waals surface area contributed by atoms with E-state index in [0.717, 1.165) is 12.8 Å². The Kier molecular flexibility index (Phi) is 2.48. The Morgan fingerprint density at radius 2 is 2.53 bits per heavy atom. The molecule has 82 valence electrons. The van der Waals surface area contributed by atoms with Gasteiger partial charge in [-0.25, -0.2) is 0 Å². The SMILES string of the molecule is CC1CC(CN)(C(=O)Nc2cn[nH]c2)C1. The van der Waals surface area contributed by atoms with Crippen LogP contribution in [0, 0.1) is 11.3 Å². The Morgan fingerprint density at radius 3 is 3.00 bits per heavy atom. The van der Waals surface area contributed by atoms with Crippen molar-refractivity contribution in [3.8, 4) is 0 Å². The Hall–Kier alpha value is -1.36. The lowest BCUT2D eigenvalue weighted by atomic mass is 9.62. The van der Waals surface area contributed by atoms with E-state index in [1.165, 1.54) is 0 Å². The predicted octanol–water partition coefficient (Wildman–Crippen LogP) is 0.723. The molecule has 1 amide bonds. The maximum atomic E-state index is 12.0. The van der Waals surface area contributed by atoms with Crippen molar-refractivity contribution in [2.45, 2.75) is 19.8 Å². The first-order valence-electron chi connectivity index (χ1n) is 5.16. The second-order valence-corrected chi connectivity index (χ2v) is 4.44. The Morgan fingerprint density at radius 1 is 1.80 bits per heavy atom. The fourth-order valence-electron chi connectivity index (χ4n) is 2.30. The summed E-state index contributed by atoms with van der Waals surface area (Å²) < 4.78 is 0. The highest BCUT2D eigenvalue weighted by Gasteiger charge is 2.47. The van der Waals surface area contributed by atoms with Gasteiger partial charge in [-0.15, -0.1) is 0 Å². The van der Waals surface area contributed by atoms with Crippen molar-refractivity contribution in [2.24, 2.45) is 17.1 Å². The number of H-pyrrole nitrogens is 1. The van der Waals surface area contributed by atoms with E-state index in [0.29, 0.717) is 18.2 Å². The van der Waals surface area contributed by atoms with E-state index in [1.54, 1.807) is 12.4 Å². The third-order valence-electron chi connectivity index (χ3n) is 3.11. The zero-order valence-electron chi connectivity index (χ0n) is 8.79. The average molecular weight is 208 g/mol. The highest BCUT2D eigenvalue weighted by Crippen LogP contribution is 2.45. The molecule has 5 nitrogen and oxygen atoms in total. The third-order valence-corrected chi connectivity index (χ3v) is 3.11. The Balaban J connectivity index is 2.01. The number of aromatic amines is 1. The maximum absolute atomic E-state index is 12.0. The van der Waals surface area contributed by atoms with Gasteiger partial charge in [0.2, 0.25) is 5.91 Å². The monoisotopic (exact) mass is 208 g/mol. The van der Waals surface area contributed by atoms with E-state index in [2.05, 4.69) is 22.4 Å². The van der Waals surface area contributed by atoms with Crippen molar-refractivity contribution in [3.05, 3.63) is 12.4 Å². The number of nitrogens with one attached hydrogen (secondary N) is 2. The van der Waals surface area contributed by atoms with Gasteiger partial charge in [0.15, 0.2) is 0 Å². The Labute approximate surface area is 88.4 Å². The molecule has 0 saturated heterocycles. The molecule has 0 unspecified atom stereocenters. The smallest absolute Gasteiger partial charge is 0.231 e. The first kappa shape index (κ1) is 10.2. The summed E-state index contributed by atoms with van der Waals surface area (Å²) in [4.78, 5) is 12.0. The molecular formula is C10H16N4O. The van der Waals surface area contributed by atoms with Crippen LogP contribution in [0.4, 0.5) is 5.69 Å². The van der Waals surface area contributed by atoms with Crippen LogP contribution < -0.4 is 11.1 Å². The number of hydrogen-bond donors (Lipinski definition) is 3. The lowest BCUT2D eigenvalue weighted by molar-refractivity contribution is -0.132. The van der Waals surface area contributed by atoms with E-state index < -0.39 is 0 Å². The summed E-state index contributed by atoms with van der Waals surface area (Å²) in [5, 5.41) is 9.25. The molecule has 5 heteroatoms. The molecule has 0 radical (unpaired) electrons. The van der Waals surface area contributed by atoms with Crippen LogP contribution in [0.5, 0.6) is 0 Å². The van der Waals surface area contributed by atoms with Crippen molar-refractivity contribution in [1.82, 2.24) is 10.2 Å². The molecule has 1 aliphatic carbocycles. The lowest BCUT2D eigenvalue weighted by Gasteiger charge is -2.44. The molecule has 0 bridgehead atoms. The second-order valence-electron chi connectivity index (χ2n) is 4.44. The number of anilines is 1. The Bertz CT molecular complexity index is 340. The van der Waals surface area contributed by atoms with Crippen LogP contribution in [-0.2, 0) is 4.79 Å². The standard InChI is InChI=1S/C10H16N4O/c1-7-2-10(3-7,6-11)9(15)14-8-4-12-13-5-8/h4-5,7H,2-3,6,11H2,1H3,(H,12,13)(H,14,15).